The molecule has 0 aromatic heterocycles. The van der Waals surface area contributed by atoms with E-state index >= 15 is 0 Å². The molecule has 5 rings (SSSR count). The average molecular weight is 498 g/mol. The van der Waals surface area contributed by atoms with Crippen LogP contribution in [0.4, 0.5) is 5.69 Å². The van der Waals surface area contributed by atoms with Gasteiger partial charge < -0.3 is 14.5 Å². The predicted octanol–water partition coefficient (Wildman–Crippen LogP) is 8.57. The van der Waals surface area contributed by atoms with Crippen LogP contribution in [0.2, 0.25) is 0 Å². The van der Waals surface area contributed by atoms with Crippen molar-refractivity contribution in [1.82, 2.24) is 0 Å². The van der Waals surface area contributed by atoms with Crippen molar-refractivity contribution in [1.29, 1.82) is 0 Å². The van der Waals surface area contributed by atoms with E-state index in [0.717, 1.165) is 44.2 Å². The Hall–Kier alpha value is -1.41. The molecule has 0 spiro atoms. The zero-order valence-corrected chi connectivity index (χ0v) is 24.5. The van der Waals surface area contributed by atoms with Gasteiger partial charge in [0.2, 0.25) is 0 Å². The Morgan fingerprint density at radius 2 is 1.40 bits per heavy atom. The minimum atomic E-state index is -2.20. The second-order valence-corrected chi connectivity index (χ2v) is 13.7. The molecule has 0 saturated heterocycles. The van der Waals surface area contributed by atoms with Crippen molar-refractivity contribution in [2.45, 2.75) is 118 Å². The molecular formula is C31H48NO2P. The van der Waals surface area contributed by atoms with E-state index in [1.54, 1.807) is 0 Å². The second-order valence-electron chi connectivity index (χ2n) is 12.6. The van der Waals surface area contributed by atoms with Crippen molar-refractivity contribution in [3.63, 3.8) is 0 Å². The summed E-state index contributed by atoms with van der Waals surface area (Å²) in [5.41, 5.74) is 10.6. The third kappa shape index (κ3) is 6.30. The van der Waals surface area contributed by atoms with E-state index < -0.39 is 8.53 Å². The van der Waals surface area contributed by atoms with Crippen molar-refractivity contribution >= 4 is 14.2 Å². The van der Waals surface area contributed by atoms with Gasteiger partial charge in [-0.25, -0.2) is 0 Å². The summed E-state index contributed by atoms with van der Waals surface area (Å²) in [6, 6.07) is 9.62. The third-order valence-corrected chi connectivity index (χ3v) is 8.48. The van der Waals surface area contributed by atoms with Gasteiger partial charge in [0.05, 0.1) is 0 Å². The van der Waals surface area contributed by atoms with Gasteiger partial charge in [0.15, 0.2) is 0 Å². The molecule has 2 aromatic carbocycles. The molecule has 194 valence electrons. The van der Waals surface area contributed by atoms with Gasteiger partial charge in [0.1, 0.15) is 0 Å². The lowest BCUT2D eigenvalue weighted by Gasteiger charge is -2.34. The molecule has 3 aliphatic heterocycles. The molecule has 0 saturated carbocycles. The summed E-state index contributed by atoms with van der Waals surface area (Å²) in [6.07, 6.45) is 6.44. The van der Waals surface area contributed by atoms with Gasteiger partial charge in [-0.15, -0.1) is 0 Å². The molecule has 4 heteroatoms. The number of nitrogens with zero attached hydrogens (tertiary/aromatic N) is 1. The molecule has 35 heavy (non-hydrogen) atoms. The Morgan fingerprint density at radius 3 is 1.94 bits per heavy atom. The highest BCUT2D eigenvalue weighted by Gasteiger charge is 2.29. The van der Waals surface area contributed by atoms with Crippen LogP contribution < -0.4 is 4.67 Å². The number of hydrogen-bond acceptors (Lipinski definition) is 3. The summed E-state index contributed by atoms with van der Waals surface area (Å²) in [7, 11) is -2.20. The Balaban J connectivity index is 2.36. The van der Waals surface area contributed by atoms with E-state index in [-0.39, 0.29) is 10.8 Å². The molecule has 0 fully saturated rings. The first-order chi connectivity index (χ1) is 16.3. The number of aryl methyl sites for hydroxylation is 3. The van der Waals surface area contributed by atoms with Crippen LogP contribution in [-0.4, -0.2) is 16.3 Å². The monoisotopic (exact) mass is 497 g/mol. The zero-order valence-electron chi connectivity index (χ0n) is 23.6. The highest BCUT2D eigenvalue weighted by atomic mass is 31.2. The Kier molecular flexibility index (Phi) is 8.78. The lowest BCUT2D eigenvalue weighted by atomic mass is 9.75. The average Bonchev–Trinajstić information content (AvgIpc) is 2.73. The summed E-state index contributed by atoms with van der Waals surface area (Å²) < 4.78 is 1.86. The fourth-order valence-corrected chi connectivity index (χ4v) is 6.47. The van der Waals surface area contributed by atoms with Crippen molar-refractivity contribution in [2.24, 2.45) is 0 Å². The van der Waals surface area contributed by atoms with E-state index in [1.165, 1.54) is 38.9 Å². The van der Waals surface area contributed by atoms with Crippen LogP contribution >= 0.6 is 8.53 Å². The second kappa shape index (κ2) is 10.9. The minimum Gasteiger partial charge on any atom is -0.333 e. The van der Waals surface area contributed by atoms with E-state index in [2.05, 4.69) is 86.6 Å². The smallest absolute Gasteiger partial charge is 0.284 e. The minimum absolute atomic E-state index is 0.0956. The Morgan fingerprint density at radius 1 is 0.829 bits per heavy atom. The van der Waals surface area contributed by atoms with Gasteiger partial charge in [-0.05, 0) is 95.4 Å². The van der Waals surface area contributed by atoms with Crippen LogP contribution in [0.15, 0.2) is 24.3 Å². The topological polar surface area (TPSA) is 43.7 Å². The van der Waals surface area contributed by atoms with Crippen molar-refractivity contribution < 1.29 is 9.79 Å². The summed E-state index contributed by atoms with van der Waals surface area (Å²) in [5.74, 6) is 0.327. The standard InChI is InChI=1S/C31H48NO2P/c1-10-14-24-25-19-27(30(4,5)6)23(17-21(25)2)15-12-11-13-16-32(35(33)34)29-18-22(3)26(24)20-28(29)31(7,8)9/h17-20,24,33-34H,10-16H2,1-9H3. The third-order valence-electron chi connectivity index (χ3n) is 7.63. The van der Waals surface area contributed by atoms with Crippen LogP contribution in [0.25, 0.3) is 0 Å². The number of anilines is 1. The molecule has 3 heterocycles. The fraction of sp³-hybridized carbons (Fsp3) is 0.613. The van der Waals surface area contributed by atoms with Gasteiger partial charge in [0, 0.05) is 18.2 Å². The number of hydrogen-bond donors (Lipinski definition) is 2. The van der Waals surface area contributed by atoms with Crippen molar-refractivity contribution in [3.05, 3.63) is 63.2 Å². The van der Waals surface area contributed by atoms with Gasteiger partial charge in [-0.1, -0.05) is 79.5 Å². The normalized spacial score (nSPS) is 17.7. The molecule has 1 unspecified atom stereocenters. The quantitative estimate of drug-likeness (QED) is 0.417. The molecule has 3 nitrogen and oxygen atoms in total. The summed E-state index contributed by atoms with van der Waals surface area (Å²) in [6.45, 7) is 21.2. The lowest BCUT2D eigenvalue weighted by molar-refractivity contribution is 0.473. The van der Waals surface area contributed by atoms with Crippen LogP contribution in [0, 0.1) is 13.8 Å². The first kappa shape index (κ1) is 28.2. The fourth-order valence-electron chi connectivity index (χ4n) is 5.79. The lowest BCUT2D eigenvalue weighted by Crippen LogP contribution is -2.24. The maximum atomic E-state index is 10.4. The van der Waals surface area contributed by atoms with E-state index in [4.69, 9.17) is 0 Å². The molecule has 3 aliphatic rings. The Bertz CT molecular complexity index is 1030. The number of benzene rings is 2. The molecule has 0 radical (unpaired) electrons. The van der Waals surface area contributed by atoms with Crippen LogP contribution in [0.3, 0.4) is 0 Å². The maximum Gasteiger partial charge on any atom is 0.284 e. The summed E-state index contributed by atoms with van der Waals surface area (Å²) in [5, 5.41) is 0. The van der Waals surface area contributed by atoms with Crippen molar-refractivity contribution in [3.8, 4) is 0 Å². The van der Waals surface area contributed by atoms with E-state index in [1.807, 2.05) is 4.67 Å². The summed E-state index contributed by atoms with van der Waals surface area (Å²) in [4.78, 5) is 20.9. The largest absolute Gasteiger partial charge is 0.333 e. The molecule has 2 N–H and O–H groups in total. The molecule has 2 aromatic rings. The van der Waals surface area contributed by atoms with Gasteiger partial charge in [-0.2, -0.15) is 0 Å². The number of fused-ring (bicyclic) bond motifs is 2. The van der Waals surface area contributed by atoms with E-state index in [9.17, 15) is 9.79 Å². The van der Waals surface area contributed by atoms with Gasteiger partial charge in [0.25, 0.3) is 8.53 Å². The highest BCUT2D eigenvalue weighted by molar-refractivity contribution is 7.47. The molecular weight excluding hydrogens is 449 g/mol. The maximum absolute atomic E-state index is 10.4. The molecule has 0 aliphatic carbocycles. The van der Waals surface area contributed by atoms with E-state index in [0.29, 0.717) is 12.5 Å². The Labute approximate surface area is 215 Å². The first-order valence-corrected chi connectivity index (χ1v) is 14.7. The van der Waals surface area contributed by atoms with Crippen molar-refractivity contribution in [2.75, 3.05) is 11.2 Å². The number of rotatable bonds is 3. The molecule has 4 bridgehead atoms. The molecule has 1 atom stereocenters. The van der Waals surface area contributed by atoms with Crippen LogP contribution in [-0.2, 0) is 17.3 Å². The molecule has 0 amide bonds. The van der Waals surface area contributed by atoms with Gasteiger partial charge >= 0.3 is 0 Å². The predicted molar refractivity (Wildman–Crippen MR) is 153 cm³/mol. The zero-order chi connectivity index (χ0) is 26.1. The van der Waals surface area contributed by atoms with Crippen LogP contribution in [0.1, 0.15) is 125 Å². The van der Waals surface area contributed by atoms with Crippen LogP contribution in [0.5, 0.6) is 0 Å². The summed E-state index contributed by atoms with van der Waals surface area (Å²) >= 11 is 0. The SMILES string of the molecule is CCCC1c2cc(C(C)(C)C)c(cc2C)CCCCCN(P(O)O)c2cc(C)c1cc2C(C)(C)C. The first-order valence-electron chi connectivity index (χ1n) is 13.5. The highest BCUT2D eigenvalue weighted by Crippen LogP contribution is 2.46. The van der Waals surface area contributed by atoms with Gasteiger partial charge in [-0.3, -0.25) is 0 Å².